The maximum Gasteiger partial charge on any atom is 0.244 e. The Bertz CT molecular complexity index is 1110. The molecule has 2 aliphatic rings. The van der Waals surface area contributed by atoms with Gasteiger partial charge in [-0.25, -0.2) is 4.98 Å². The Hall–Kier alpha value is -2.73. The van der Waals surface area contributed by atoms with Gasteiger partial charge < -0.3 is 0 Å². The maximum atomic E-state index is 13.6. The monoisotopic (exact) mass is 444 g/mol. The molecule has 1 amide bonds. The number of nitrogens with zero attached hydrogens (tertiary/aromatic N) is 4. The highest BCUT2D eigenvalue weighted by Gasteiger charge is 2.61. The highest BCUT2D eigenvalue weighted by atomic mass is 32.2. The van der Waals surface area contributed by atoms with E-state index in [1.807, 2.05) is 67.6 Å². The third-order valence-corrected chi connectivity index (χ3v) is 8.59. The number of carbonyl (C=O) groups excluding carboxylic acids is 1. The normalized spacial score (nSPS) is 23.6. The van der Waals surface area contributed by atoms with Crippen LogP contribution < -0.4 is 4.90 Å². The van der Waals surface area contributed by atoms with Crippen LogP contribution in [0.1, 0.15) is 57.8 Å². The van der Waals surface area contributed by atoms with E-state index in [0.29, 0.717) is 11.1 Å². The zero-order valence-electron chi connectivity index (χ0n) is 18.9. The smallest absolute Gasteiger partial charge is 0.244 e. The second-order valence-corrected chi connectivity index (χ2v) is 10.9. The Morgan fingerprint density at radius 1 is 1.00 bits per heavy atom. The van der Waals surface area contributed by atoms with Gasteiger partial charge in [0, 0.05) is 22.7 Å². The lowest BCUT2D eigenvalue weighted by molar-refractivity contribution is -0.117. The van der Waals surface area contributed by atoms with Crippen molar-refractivity contribution in [1.82, 2.24) is 15.2 Å². The van der Waals surface area contributed by atoms with Crippen molar-refractivity contribution in [2.24, 2.45) is 5.41 Å². The Morgan fingerprint density at radius 3 is 2.19 bits per heavy atom. The van der Waals surface area contributed by atoms with Gasteiger partial charge in [0.1, 0.15) is 0 Å². The third kappa shape index (κ3) is 3.15. The molecule has 1 aromatic heterocycles. The van der Waals surface area contributed by atoms with Gasteiger partial charge in [0.05, 0.1) is 16.6 Å². The van der Waals surface area contributed by atoms with Crippen LogP contribution in [0.5, 0.6) is 0 Å². The summed E-state index contributed by atoms with van der Waals surface area (Å²) in [6.45, 7) is 8.87. The van der Waals surface area contributed by atoms with E-state index in [0.717, 1.165) is 35.6 Å². The predicted molar refractivity (Wildman–Crippen MR) is 128 cm³/mol. The van der Waals surface area contributed by atoms with Crippen LogP contribution in [0.25, 0.3) is 0 Å². The maximum absolute atomic E-state index is 13.6. The number of hydrogen-bond donors (Lipinski definition) is 0. The van der Waals surface area contributed by atoms with Gasteiger partial charge in [-0.2, -0.15) is 5.10 Å². The molecular formula is C26H28N4OS. The van der Waals surface area contributed by atoms with Crippen LogP contribution in [0.4, 0.5) is 11.4 Å². The summed E-state index contributed by atoms with van der Waals surface area (Å²) in [6, 6.07) is 19.5. The zero-order chi connectivity index (χ0) is 22.5. The number of fused-ring (bicyclic) bond motifs is 5. The first-order valence-electron chi connectivity index (χ1n) is 11.2. The van der Waals surface area contributed by atoms with Gasteiger partial charge in [-0.3, -0.25) is 9.69 Å². The topological polar surface area (TPSA) is 59.0 Å². The molecule has 2 bridgehead atoms. The van der Waals surface area contributed by atoms with E-state index in [1.54, 1.807) is 4.90 Å². The van der Waals surface area contributed by atoms with E-state index < -0.39 is 0 Å². The number of anilines is 2. The number of rotatable bonds is 5. The SMILES string of the molecule is C[C@H](Sc1nnc2c(n1)[C@]1(C)CC[C@H]2C1(C)C)C(=O)N(c1ccccc1)c1ccccc1. The van der Waals surface area contributed by atoms with Gasteiger partial charge in [0.25, 0.3) is 0 Å². The lowest BCUT2D eigenvalue weighted by Gasteiger charge is -2.34. The average molecular weight is 445 g/mol. The van der Waals surface area contributed by atoms with Gasteiger partial charge in [-0.15, -0.1) is 5.10 Å². The molecule has 164 valence electrons. The van der Waals surface area contributed by atoms with Crippen molar-refractivity contribution in [2.45, 2.75) is 62.3 Å². The summed E-state index contributed by atoms with van der Waals surface area (Å²) in [5.41, 5.74) is 3.98. The highest BCUT2D eigenvalue weighted by Crippen LogP contribution is 2.66. The first-order valence-corrected chi connectivity index (χ1v) is 12.1. The van der Waals surface area contributed by atoms with Crippen molar-refractivity contribution in [1.29, 1.82) is 0 Å². The van der Waals surface area contributed by atoms with Crippen LogP contribution in [-0.2, 0) is 10.2 Å². The molecule has 0 N–H and O–H groups in total. The molecule has 2 aliphatic carbocycles. The van der Waals surface area contributed by atoms with Crippen molar-refractivity contribution in [2.75, 3.05) is 4.90 Å². The molecule has 0 spiro atoms. The molecule has 0 unspecified atom stereocenters. The standard InChI is InChI=1S/C26H28N4OS/c1-17(23(31)30(18-11-7-5-8-12-18)19-13-9-6-10-14-19)32-24-27-22-21(28-29-24)20-15-16-26(22,4)25(20,2)3/h5-14,17,20H,15-16H2,1-4H3/t17-,20+,26-/m0/s1. The summed E-state index contributed by atoms with van der Waals surface area (Å²) < 4.78 is 0. The minimum Gasteiger partial charge on any atom is -0.280 e. The van der Waals surface area contributed by atoms with Gasteiger partial charge in [-0.1, -0.05) is 68.9 Å². The number of carbonyl (C=O) groups is 1. The van der Waals surface area contributed by atoms with Crippen LogP contribution in [-0.4, -0.2) is 26.3 Å². The summed E-state index contributed by atoms with van der Waals surface area (Å²) in [7, 11) is 0. The number of benzene rings is 2. The molecule has 6 heteroatoms. The summed E-state index contributed by atoms with van der Waals surface area (Å²) in [5, 5.41) is 9.24. The lowest BCUT2D eigenvalue weighted by atomic mass is 9.70. The summed E-state index contributed by atoms with van der Waals surface area (Å²) in [5.74, 6) is 0.414. The molecule has 2 aromatic carbocycles. The number of para-hydroxylation sites is 2. The van der Waals surface area contributed by atoms with Crippen LogP contribution >= 0.6 is 11.8 Å². The Kier molecular flexibility index (Phi) is 5.08. The molecule has 3 atom stereocenters. The Morgan fingerprint density at radius 2 is 1.59 bits per heavy atom. The second kappa shape index (κ2) is 7.69. The summed E-state index contributed by atoms with van der Waals surface area (Å²) in [6.07, 6.45) is 2.28. The van der Waals surface area contributed by atoms with Crippen LogP contribution in [0.2, 0.25) is 0 Å². The van der Waals surface area contributed by atoms with E-state index in [2.05, 4.69) is 31.0 Å². The molecule has 5 nitrogen and oxygen atoms in total. The fourth-order valence-corrected chi connectivity index (χ4v) is 6.12. The number of hydrogen-bond acceptors (Lipinski definition) is 5. The predicted octanol–water partition coefficient (Wildman–Crippen LogP) is 5.89. The number of aromatic nitrogens is 3. The van der Waals surface area contributed by atoms with Gasteiger partial charge in [-0.05, 0) is 49.4 Å². The Labute approximate surface area is 193 Å². The van der Waals surface area contributed by atoms with E-state index in [-0.39, 0.29) is 22.0 Å². The Balaban J connectivity index is 1.43. The van der Waals surface area contributed by atoms with Crippen LogP contribution in [0.3, 0.4) is 0 Å². The van der Waals surface area contributed by atoms with E-state index in [4.69, 9.17) is 4.98 Å². The largest absolute Gasteiger partial charge is 0.280 e. The molecule has 1 fully saturated rings. The quantitative estimate of drug-likeness (QED) is 0.459. The van der Waals surface area contributed by atoms with Crippen molar-refractivity contribution in [3.63, 3.8) is 0 Å². The molecule has 32 heavy (non-hydrogen) atoms. The van der Waals surface area contributed by atoms with E-state index >= 15 is 0 Å². The molecule has 1 saturated carbocycles. The first kappa shape index (κ1) is 21.1. The molecule has 0 aliphatic heterocycles. The van der Waals surface area contributed by atoms with E-state index in [1.165, 1.54) is 11.8 Å². The first-order chi connectivity index (χ1) is 15.3. The molecule has 1 heterocycles. The van der Waals surface area contributed by atoms with Crippen molar-refractivity contribution in [3.8, 4) is 0 Å². The van der Waals surface area contributed by atoms with Crippen molar-refractivity contribution in [3.05, 3.63) is 72.1 Å². The molecule has 3 aromatic rings. The fraction of sp³-hybridized carbons (Fsp3) is 0.385. The zero-order valence-corrected chi connectivity index (χ0v) is 19.8. The van der Waals surface area contributed by atoms with E-state index in [9.17, 15) is 4.79 Å². The minimum atomic E-state index is -0.366. The van der Waals surface area contributed by atoms with Crippen LogP contribution in [0.15, 0.2) is 65.8 Å². The minimum absolute atomic E-state index is 0.00967. The second-order valence-electron chi connectivity index (χ2n) is 9.58. The van der Waals surface area contributed by atoms with Crippen molar-refractivity contribution < 1.29 is 4.79 Å². The molecule has 0 radical (unpaired) electrons. The summed E-state index contributed by atoms with van der Waals surface area (Å²) >= 11 is 1.39. The number of amides is 1. The summed E-state index contributed by atoms with van der Waals surface area (Å²) in [4.78, 5) is 20.3. The lowest BCUT2D eigenvalue weighted by Crippen LogP contribution is -2.33. The van der Waals surface area contributed by atoms with Crippen LogP contribution in [0, 0.1) is 5.41 Å². The fourth-order valence-electron chi connectivity index (χ4n) is 5.36. The molecule has 5 rings (SSSR count). The van der Waals surface area contributed by atoms with Gasteiger partial charge in [0.2, 0.25) is 11.1 Å². The number of thioether (sulfide) groups is 1. The molecular weight excluding hydrogens is 416 g/mol. The molecule has 0 saturated heterocycles. The van der Waals surface area contributed by atoms with Gasteiger partial charge in [0.15, 0.2) is 0 Å². The highest BCUT2D eigenvalue weighted by molar-refractivity contribution is 8.00. The average Bonchev–Trinajstić information content (AvgIpc) is 3.13. The van der Waals surface area contributed by atoms with Crippen molar-refractivity contribution >= 4 is 29.0 Å². The van der Waals surface area contributed by atoms with Gasteiger partial charge >= 0.3 is 0 Å². The third-order valence-electron chi connectivity index (χ3n) is 7.65.